The Bertz CT molecular complexity index is 614. The van der Waals surface area contributed by atoms with Crippen molar-refractivity contribution in [3.63, 3.8) is 0 Å². The standard InChI is InChI=1S/C28H63Si4/c1-22(2,3)29-30(23(4,5)6,24(7,8)9)32(27(16,17)18,28(19,20)21)31(29,25(10,11)12)26(13,14)15/h1-21H3. The summed E-state index contributed by atoms with van der Waals surface area (Å²) in [5, 5.41) is 2.95. The van der Waals surface area contributed by atoms with Crippen molar-refractivity contribution in [2.24, 2.45) is 0 Å². The van der Waals surface area contributed by atoms with E-state index in [4.69, 9.17) is 0 Å². The Morgan fingerprint density at radius 3 is 0.594 bits per heavy atom. The van der Waals surface area contributed by atoms with Crippen LogP contribution < -0.4 is 0 Å². The highest BCUT2D eigenvalue weighted by Crippen LogP contribution is 2.84. The molecule has 0 bridgehead atoms. The zero-order valence-corrected chi connectivity index (χ0v) is 30.5. The zero-order chi connectivity index (χ0) is 26.6. The third kappa shape index (κ3) is 3.33. The quantitative estimate of drug-likeness (QED) is 0.283. The SMILES string of the molecule is CC(C)(C)[Si]1[Si](C(C)(C)C)(C(C)(C)C)[Si](C(C)(C)C)(C(C)(C)C)[Si]1(C(C)(C)C)C(C)(C)C. The number of hydrogen-bond donors (Lipinski definition) is 0. The lowest BCUT2D eigenvalue weighted by Gasteiger charge is -2.93. The fraction of sp³-hybridized carbons (Fsp3) is 1.00. The van der Waals surface area contributed by atoms with Gasteiger partial charge in [-0.1, -0.05) is 145 Å². The molecule has 0 aromatic rings. The summed E-state index contributed by atoms with van der Waals surface area (Å²) < 4.78 is 0. The lowest BCUT2D eigenvalue weighted by Crippen LogP contribution is -3.12. The Kier molecular flexibility index (Phi) is 7.19. The van der Waals surface area contributed by atoms with Gasteiger partial charge in [0.2, 0.25) is 0 Å². The van der Waals surface area contributed by atoms with Gasteiger partial charge in [-0.15, -0.1) is 0 Å². The van der Waals surface area contributed by atoms with Crippen LogP contribution in [0.3, 0.4) is 0 Å². The van der Waals surface area contributed by atoms with E-state index in [2.05, 4.69) is 145 Å². The molecule has 1 saturated heterocycles. The van der Waals surface area contributed by atoms with Gasteiger partial charge in [-0.25, -0.2) is 0 Å². The van der Waals surface area contributed by atoms with Gasteiger partial charge in [0.15, 0.2) is 0 Å². The maximum Gasteiger partial charge on any atom is 0.0505 e. The van der Waals surface area contributed by atoms with E-state index in [1.807, 2.05) is 0 Å². The van der Waals surface area contributed by atoms with Crippen LogP contribution in [0.15, 0.2) is 0 Å². The third-order valence-corrected chi connectivity index (χ3v) is 105. The van der Waals surface area contributed by atoms with E-state index < -0.39 is 29.2 Å². The van der Waals surface area contributed by atoms with E-state index in [1.165, 1.54) is 0 Å². The van der Waals surface area contributed by atoms with Crippen LogP contribution in [0, 0.1) is 0 Å². The average molecular weight is 512 g/mol. The molecule has 0 N–H and O–H groups in total. The summed E-state index contributed by atoms with van der Waals surface area (Å²) in [6.07, 6.45) is 0. The van der Waals surface area contributed by atoms with Crippen LogP contribution in [0.2, 0.25) is 35.3 Å². The fourth-order valence-corrected chi connectivity index (χ4v) is 172. The first-order valence-electron chi connectivity index (χ1n) is 13.2. The van der Waals surface area contributed by atoms with Crippen molar-refractivity contribution >= 4 is 29.2 Å². The third-order valence-electron chi connectivity index (χ3n) is 9.38. The van der Waals surface area contributed by atoms with E-state index in [0.29, 0.717) is 35.3 Å². The van der Waals surface area contributed by atoms with E-state index in [0.717, 1.165) is 0 Å². The zero-order valence-electron chi connectivity index (χ0n) is 26.5. The summed E-state index contributed by atoms with van der Waals surface area (Å²) in [5.41, 5.74) is 0. The van der Waals surface area contributed by atoms with Crippen molar-refractivity contribution in [3.05, 3.63) is 0 Å². The van der Waals surface area contributed by atoms with Gasteiger partial charge in [-0.05, 0) is 35.3 Å². The summed E-state index contributed by atoms with van der Waals surface area (Å²) in [4.78, 5) is 0. The number of hydrogen-bond acceptors (Lipinski definition) is 0. The Hall–Kier alpha value is 0.868. The van der Waals surface area contributed by atoms with Crippen LogP contribution in [0.5, 0.6) is 0 Å². The van der Waals surface area contributed by atoms with Crippen molar-refractivity contribution in [2.45, 2.75) is 181 Å². The second-order valence-electron chi connectivity index (χ2n) is 18.4. The van der Waals surface area contributed by atoms with Crippen molar-refractivity contribution in [3.8, 4) is 0 Å². The van der Waals surface area contributed by atoms with Crippen molar-refractivity contribution in [2.75, 3.05) is 0 Å². The summed E-state index contributed by atoms with van der Waals surface area (Å²) in [5.74, 6) is 0. The van der Waals surface area contributed by atoms with Gasteiger partial charge in [0.25, 0.3) is 0 Å². The molecule has 1 aliphatic rings. The molecule has 0 aromatic heterocycles. The average Bonchev–Trinajstić information content (AvgIpc) is 2.23. The highest BCUT2D eigenvalue weighted by atomic mass is 30.2. The molecule has 1 heterocycles. The van der Waals surface area contributed by atoms with E-state index in [9.17, 15) is 0 Å². The minimum atomic E-state index is -1.90. The molecule has 0 aromatic carbocycles. The Morgan fingerprint density at radius 2 is 0.500 bits per heavy atom. The van der Waals surface area contributed by atoms with E-state index in [1.54, 1.807) is 0 Å². The first-order chi connectivity index (χ1) is 13.4. The summed E-state index contributed by atoms with van der Waals surface area (Å²) >= 11 is 0. The monoisotopic (exact) mass is 511 g/mol. The van der Waals surface area contributed by atoms with E-state index >= 15 is 0 Å². The second kappa shape index (κ2) is 7.44. The molecule has 0 aliphatic carbocycles. The van der Waals surface area contributed by atoms with Crippen LogP contribution in [-0.4, -0.2) is 29.2 Å². The van der Waals surface area contributed by atoms with Crippen molar-refractivity contribution in [1.29, 1.82) is 0 Å². The van der Waals surface area contributed by atoms with Gasteiger partial charge in [0, 0.05) is 22.0 Å². The molecule has 0 spiro atoms. The van der Waals surface area contributed by atoms with Gasteiger partial charge < -0.3 is 0 Å². The number of rotatable bonds is 0. The molecule has 1 rings (SSSR count). The Morgan fingerprint density at radius 1 is 0.312 bits per heavy atom. The molecule has 0 amide bonds. The molecule has 191 valence electrons. The highest BCUT2D eigenvalue weighted by Gasteiger charge is 2.96. The van der Waals surface area contributed by atoms with Crippen molar-refractivity contribution < 1.29 is 0 Å². The lowest BCUT2D eigenvalue weighted by molar-refractivity contribution is 0.567. The summed E-state index contributed by atoms with van der Waals surface area (Å²) in [6, 6.07) is 0. The molecule has 1 fully saturated rings. The highest BCUT2D eigenvalue weighted by molar-refractivity contribution is 8.12. The van der Waals surface area contributed by atoms with Gasteiger partial charge in [0.05, 0.1) is 7.11 Å². The minimum Gasteiger partial charge on any atom is -0.0633 e. The molecule has 1 radical (unpaired) electrons. The summed E-state index contributed by atoms with van der Waals surface area (Å²) in [7, 11) is -6.14. The molecule has 4 heteroatoms. The lowest BCUT2D eigenvalue weighted by atomic mass is 10.2. The Balaban J connectivity index is 4.85. The molecule has 0 saturated carbocycles. The minimum absolute atomic E-state index is 0.407. The molecule has 0 nitrogen and oxygen atoms in total. The van der Waals surface area contributed by atoms with Crippen LogP contribution in [-0.2, 0) is 0 Å². The van der Waals surface area contributed by atoms with Crippen LogP contribution in [0.1, 0.15) is 145 Å². The molecule has 32 heavy (non-hydrogen) atoms. The Labute approximate surface area is 209 Å². The molecule has 0 atom stereocenters. The maximum atomic E-state index is 2.73. The first-order valence-corrected chi connectivity index (χ1v) is 24.8. The van der Waals surface area contributed by atoms with Crippen molar-refractivity contribution in [1.82, 2.24) is 0 Å². The van der Waals surface area contributed by atoms with Gasteiger partial charge >= 0.3 is 0 Å². The van der Waals surface area contributed by atoms with Gasteiger partial charge in [0.1, 0.15) is 0 Å². The van der Waals surface area contributed by atoms with Gasteiger partial charge in [-0.3, -0.25) is 0 Å². The fourth-order valence-electron chi connectivity index (χ4n) is 11.4. The first kappa shape index (κ1) is 30.9. The van der Waals surface area contributed by atoms with Crippen LogP contribution in [0.4, 0.5) is 0 Å². The molecular weight excluding hydrogens is 449 g/mol. The molecule has 1 aliphatic heterocycles. The molecular formula is C28H63Si4. The van der Waals surface area contributed by atoms with Gasteiger partial charge in [-0.2, -0.15) is 0 Å². The normalized spacial score (nSPS) is 23.2. The maximum absolute atomic E-state index is 2.73. The predicted molar refractivity (Wildman–Crippen MR) is 161 cm³/mol. The largest absolute Gasteiger partial charge is 0.0633 e. The molecule has 0 unspecified atom stereocenters. The second-order valence-corrected chi connectivity index (χ2v) is 56.6. The van der Waals surface area contributed by atoms with Crippen LogP contribution >= 0.6 is 0 Å². The van der Waals surface area contributed by atoms with E-state index in [-0.39, 0.29) is 0 Å². The topological polar surface area (TPSA) is 0 Å². The van der Waals surface area contributed by atoms with Crippen LogP contribution in [0.25, 0.3) is 0 Å². The predicted octanol–water partition coefficient (Wildman–Crippen LogP) is 10.8. The summed E-state index contributed by atoms with van der Waals surface area (Å²) in [6.45, 7) is 57.0. The smallest absolute Gasteiger partial charge is 0.0505 e.